The van der Waals surface area contributed by atoms with Gasteiger partial charge in [0.1, 0.15) is 5.02 Å². The first kappa shape index (κ1) is 16.4. The van der Waals surface area contributed by atoms with Crippen LogP contribution >= 0.6 is 11.6 Å². The highest BCUT2D eigenvalue weighted by molar-refractivity contribution is 6.32. The first-order valence-electron chi connectivity index (χ1n) is 6.50. The number of nitrogens with zero attached hydrogens (tertiary/aromatic N) is 1. The molecule has 2 rings (SSSR count). The molecule has 0 aliphatic carbocycles. The maximum Gasteiger partial charge on any atom is 0.288 e. The van der Waals surface area contributed by atoms with Gasteiger partial charge < -0.3 is 0 Å². The molecule has 0 atom stereocenters. The van der Waals surface area contributed by atoms with Crippen molar-refractivity contribution in [1.82, 2.24) is 10.9 Å². The summed E-state index contributed by atoms with van der Waals surface area (Å²) in [6, 6.07) is 10.4. The number of hydrogen-bond donors (Lipinski definition) is 2. The number of amides is 2. The molecule has 0 aromatic heterocycles. The smallest absolute Gasteiger partial charge is 0.267 e. The predicted octanol–water partition coefficient (Wildman–Crippen LogP) is 2.63. The van der Waals surface area contributed by atoms with E-state index in [0.717, 1.165) is 11.6 Å². The largest absolute Gasteiger partial charge is 0.288 e. The van der Waals surface area contributed by atoms with Crippen molar-refractivity contribution in [3.63, 3.8) is 0 Å². The molecule has 2 amide bonds. The van der Waals surface area contributed by atoms with Crippen LogP contribution in [0.1, 0.15) is 26.3 Å². The van der Waals surface area contributed by atoms with Crippen LogP contribution in [0.15, 0.2) is 42.5 Å². The zero-order valence-electron chi connectivity index (χ0n) is 12.0. The molecule has 2 aromatic rings. The monoisotopic (exact) mass is 333 g/mol. The normalized spacial score (nSPS) is 10.0. The minimum absolute atomic E-state index is 0.00522. The molecule has 7 nitrogen and oxygen atoms in total. The van der Waals surface area contributed by atoms with Crippen LogP contribution in [0.5, 0.6) is 0 Å². The van der Waals surface area contributed by atoms with E-state index in [1.54, 1.807) is 18.2 Å². The number of carbonyl (C=O) groups excluding carboxylic acids is 2. The summed E-state index contributed by atoms with van der Waals surface area (Å²) in [7, 11) is 0. The number of halogens is 1. The van der Waals surface area contributed by atoms with Gasteiger partial charge in [0.25, 0.3) is 17.5 Å². The topological polar surface area (TPSA) is 101 Å². The summed E-state index contributed by atoms with van der Waals surface area (Å²) >= 11 is 5.68. The van der Waals surface area contributed by atoms with Gasteiger partial charge >= 0.3 is 0 Å². The van der Waals surface area contributed by atoms with Gasteiger partial charge in [-0.15, -0.1) is 0 Å². The fourth-order valence-electron chi connectivity index (χ4n) is 1.84. The van der Waals surface area contributed by atoms with Gasteiger partial charge in [-0.1, -0.05) is 29.3 Å². The zero-order chi connectivity index (χ0) is 17.0. The van der Waals surface area contributed by atoms with Crippen LogP contribution in [-0.2, 0) is 0 Å². The molecule has 0 spiro atoms. The SMILES string of the molecule is Cc1cccc(C(=O)NNC(=O)c2ccc(Cl)c([N+](=O)[O-])c2)c1. The lowest BCUT2D eigenvalue weighted by molar-refractivity contribution is -0.384. The highest BCUT2D eigenvalue weighted by Crippen LogP contribution is 2.24. The molecular weight excluding hydrogens is 322 g/mol. The van der Waals surface area contributed by atoms with Crippen LogP contribution < -0.4 is 10.9 Å². The second kappa shape index (κ2) is 6.89. The standard InChI is InChI=1S/C15H12ClN3O4/c1-9-3-2-4-10(7-9)14(20)17-18-15(21)11-5-6-12(16)13(8-11)19(22)23/h2-8H,1H3,(H,17,20)(H,18,21). The Hall–Kier alpha value is -2.93. The number of nitro benzene ring substituents is 1. The van der Waals surface area contributed by atoms with Crippen LogP contribution in [0.3, 0.4) is 0 Å². The quantitative estimate of drug-likeness (QED) is 0.665. The third-order valence-corrected chi connectivity index (χ3v) is 3.29. The minimum Gasteiger partial charge on any atom is -0.267 e. The number of hydrazine groups is 1. The molecule has 118 valence electrons. The fourth-order valence-corrected chi connectivity index (χ4v) is 2.02. The highest BCUT2D eigenvalue weighted by atomic mass is 35.5. The van der Waals surface area contributed by atoms with Gasteiger partial charge in [-0.2, -0.15) is 0 Å². The van der Waals surface area contributed by atoms with Crippen LogP contribution in [0.4, 0.5) is 5.69 Å². The van der Waals surface area contributed by atoms with Gasteiger partial charge in [0.2, 0.25) is 0 Å². The first-order chi connectivity index (χ1) is 10.9. The van der Waals surface area contributed by atoms with Gasteiger partial charge in [0, 0.05) is 17.2 Å². The lowest BCUT2D eigenvalue weighted by Gasteiger charge is -2.08. The number of hydrogen-bond acceptors (Lipinski definition) is 4. The van der Waals surface area contributed by atoms with Gasteiger partial charge in [0.15, 0.2) is 0 Å². The Labute approximate surface area is 136 Å². The molecule has 0 radical (unpaired) electrons. The summed E-state index contributed by atoms with van der Waals surface area (Å²) < 4.78 is 0. The van der Waals surface area contributed by atoms with E-state index in [9.17, 15) is 19.7 Å². The second-order valence-corrected chi connectivity index (χ2v) is 5.11. The van der Waals surface area contributed by atoms with Gasteiger partial charge in [0.05, 0.1) is 4.92 Å². The number of nitro groups is 1. The molecule has 0 bridgehead atoms. The summed E-state index contributed by atoms with van der Waals surface area (Å²) in [6.07, 6.45) is 0. The molecule has 23 heavy (non-hydrogen) atoms. The molecule has 0 saturated carbocycles. The van der Waals surface area contributed by atoms with E-state index in [-0.39, 0.29) is 16.3 Å². The van der Waals surface area contributed by atoms with E-state index in [1.807, 2.05) is 13.0 Å². The molecule has 2 N–H and O–H groups in total. The summed E-state index contributed by atoms with van der Waals surface area (Å²) in [4.78, 5) is 34.0. The Balaban J connectivity index is 2.06. The Kier molecular flexibility index (Phi) is 4.92. The number of nitrogens with one attached hydrogen (secondary N) is 2. The number of benzene rings is 2. The van der Waals surface area contributed by atoms with Crippen molar-refractivity contribution in [3.8, 4) is 0 Å². The van der Waals surface area contributed by atoms with Crippen molar-refractivity contribution < 1.29 is 14.5 Å². The average molecular weight is 334 g/mol. The van der Waals surface area contributed by atoms with Crippen LogP contribution in [0, 0.1) is 17.0 Å². The maximum absolute atomic E-state index is 11.9. The summed E-state index contributed by atoms with van der Waals surface area (Å²) in [5.41, 5.74) is 5.35. The van der Waals surface area contributed by atoms with Gasteiger partial charge in [-0.05, 0) is 31.2 Å². The van der Waals surface area contributed by atoms with Gasteiger partial charge in [-0.25, -0.2) is 0 Å². The van der Waals surface area contributed by atoms with E-state index >= 15 is 0 Å². The molecule has 0 aliphatic heterocycles. The second-order valence-electron chi connectivity index (χ2n) is 4.70. The third kappa shape index (κ3) is 4.04. The molecule has 2 aromatic carbocycles. The highest BCUT2D eigenvalue weighted by Gasteiger charge is 2.16. The average Bonchev–Trinajstić information content (AvgIpc) is 2.52. The number of aryl methyl sites for hydroxylation is 1. The first-order valence-corrected chi connectivity index (χ1v) is 6.87. The number of carbonyl (C=O) groups is 2. The lowest BCUT2D eigenvalue weighted by Crippen LogP contribution is -2.41. The fraction of sp³-hybridized carbons (Fsp3) is 0.0667. The molecule has 0 saturated heterocycles. The zero-order valence-corrected chi connectivity index (χ0v) is 12.8. The van der Waals surface area contributed by atoms with E-state index in [4.69, 9.17) is 11.6 Å². The third-order valence-electron chi connectivity index (χ3n) is 2.97. The van der Waals surface area contributed by atoms with Crippen LogP contribution in [0.2, 0.25) is 5.02 Å². The van der Waals surface area contributed by atoms with Gasteiger partial charge in [-0.3, -0.25) is 30.6 Å². The molecule has 0 aliphatic rings. The molecule has 8 heteroatoms. The maximum atomic E-state index is 11.9. The van der Waals surface area contributed by atoms with Crippen molar-refractivity contribution in [1.29, 1.82) is 0 Å². The van der Waals surface area contributed by atoms with Crippen molar-refractivity contribution in [2.45, 2.75) is 6.92 Å². The van der Waals surface area contributed by atoms with E-state index in [1.165, 1.54) is 12.1 Å². The lowest BCUT2D eigenvalue weighted by atomic mass is 10.1. The van der Waals surface area contributed by atoms with E-state index in [2.05, 4.69) is 10.9 Å². The molecule has 0 unspecified atom stereocenters. The summed E-state index contributed by atoms with van der Waals surface area (Å²) in [5.74, 6) is -1.18. The Bertz CT molecular complexity index is 792. The van der Waals surface area contributed by atoms with Crippen molar-refractivity contribution in [3.05, 3.63) is 74.3 Å². The number of rotatable bonds is 3. The molecule has 0 heterocycles. The van der Waals surface area contributed by atoms with Crippen LogP contribution in [-0.4, -0.2) is 16.7 Å². The van der Waals surface area contributed by atoms with Crippen LogP contribution in [0.25, 0.3) is 0 Å². The Morgan fingerprint density at radius 1 is 1.04 bits per heavy atom. The Morgan fingerprint density at radius 3 is 2.22 bits per heavy atom. The summed E-state index contributed by atoms with van der Waals surface area (Å²) in [5, 5.41) is 10.7. The Morgan fingerprint density at radius 2 is 1.65 bits per heavy atom. The molecule has 0 fully saturated rings. The summed E-state index contributed by atoms with van der Waals surface area (Å²) in [6.45, 7) is 1.84. The van der Waals surface area contributed by atoms with Crippen molar-refractivity contribution in [2.24, 2.45) is 0 Å². The predicted molar refractivity (Wildman–Crippen MR) is 84.2 cm³/mol. The molecular formula is C15H12ClN3O4. The minimum atomic E-state index is -0.690. The van der Waals surface area contributed by atoms with Crippen molar-refractivity contribution in [2.75, 3.05) is 0 Å². The van der Waals surface area contributed by atoms with E-state index in [0.29, 0.717) is 5.56 Å². The van der Waals surface area contributed by atoms with E-state index < -0.39 is 16.7 Å². The van der Waals surface area contributed by atoms with Crippen molar-refractivity contribution >= 4 is 29.1 Å².